The molecule has 22 heavy (non-hydrogen) atoms. The van der Waals surface area contributed by atoms with E-state index in [1.807, 2.05) is 26.8 Å². The normalized spacial score (nSPS) is 11.8. The zero-order valence-corrected chi connectivity index (χ0v) is 12.5. The Hall–Kier alpha value is -2.83. The van der Waals surface area contributed by atoms with Crippen LogP contribution < -0.4 is 11.2 Å². The Bertz CT molecular complexity index is 966. The summed E-state index contributed by atoms with van der Waals surface area (Å²) in [5.74, 6) is 0.956. The number of aromatic amines is 1. The SMILES string of the molecule is CC(C)(C)c1nc(-n2ccc(=O)[nH]c2=O)c2ncccc2n1. The summed E-state index contributed by atoms with van der Waals surface area (Å²) in [6.07, 6.45) is 3.01. The number of nitrogens with zero attached hydrogens (tertiary/aromatic N) is 4. The zero-order valence-electron chi connectivity index (χ0n) is 12.5. The molecule has 7 nitrogen and oxygen atoms in total. The van der Waals surface area contributed by atoms with Crippen LogP contribution in [0.5, 0.6) is 0 Å². The Morgan fingerprint density at radius 3 is 2.59 bits per heavy atom. The lowest BCUT2D eigenvalue weighted by molar-refractivity contribution is 0.546. The van der Waals surface area contributed by atoms with Gasteiger partial charge in [-0.1, -0.05) is 20.8 Å². The van der Waals surface area contributed by atoms with Crippen molar-refractivity contribution in [2.45, 2.75) is 26.2 Å². The Morgan fingerprint density at radius 2 is 1.91 bits per heavy atom. The molecule has 3 heterocycles. The Balaban J connectivity index is 2.41. The summed E-state index contributed by atoms with van der Waals surface area (Å²) in [4.78, 5) is 38.8. The molecule has 0 fully saturated rings. The summed E-state index contributed by atoms with van der Waals surface area (Å²) in [5.41, 5.74) is -0.147. The smallest absolute Gasteiger partial charge is 0.274 e. The average Bonchev–Trinajstić information content (AvgIpc) is 2.45. The van der Waals surface area contributed by atoms with E-state index in [1.54, 1.807) is 12.3 Å². The first-order valence-electron chi connectivity index (χ1n) is 6.82. The fraction of sp³-hybridized carbons (Fsp3) is 0.267. The van der Waals surface area contributed by atoms with Crippen molar-refractivity contribution in [1.82, 2.24) is 24.5 Å². The maximum absolute atomic E-state index is 12.1. The van der Waals surface area contributed by atoms with Crippen molar-refractivity contribution in [1.29, 1.82) is 0 Å². The summed E-state index contributed by atoms with van der Waals surface area (Å²) in [6.45, 7) is 5.97. The molecule has 0 saturated carbocycles. The lowest BCUT2D eigenvalue weighted by Gasteiger charge is -2.18. The van der Waals surface area contributed by atoms with Crippen molar-refractivity contribution in [3.8, 4) is 5.82 Å². The molecule has 0 atom stereocenters. The second-order valence-electron chi connectivity index (χ2n) is 5.97. The molecule has 1 N–H and O–H groups in total. The molecule has 7 heteroatoms. The van der Waals surface area contributed by atoms with E-state index >= 15 is 0 Å². The van der Waals surface area contributed by atoms with Gasteiger partial charge in [-0.3, -0.25) is 19.3 Å². The van der Waals surface area contributed by atoms with Crippen molar-refractivity contribution in [3.05, 3.63) is 57.3 Å². The number of rotatable bonds is 1. The molecule has 0 aliphatic rings. The lowest BCUT2D eigenvalue weighted by atomic mass is 9.95. The third-order valence-electron chi connectivity index (χ3n) is 3.16. The molecule has 0 amide bonds. The van der Waals surface area contributed by atoms with Crippen molar-refractivity contribution in [3.63, 3.8) is 0 Å². The highest BCUT2D eigenvalue weighted by molar-refractivity contribution is 5.80. The molecule has 3 rings (SSSR count). The predicted octanol–water partition coefficient (Wildman–Crippen LogP) is 1.16. The minimum atomic E-state index is -0.557. The first kappa shape index (κ1) is 14.1. The molecule has 0 aliphatic carbocycles. The highest BCUT2D eigenvalue weighted by Crippen LogP contribution is 2.23. The zero-order chi connectivity index (χ0) is 15.9. The van der Waals surface area contributed by atoms with Gasteiger partial charge < -0.3 is 0 Å². The van der Waals surface area contributed by atoms with Gasteiger partial charge in [0, 0.05) is 23.9 Å². The van der Waals surface area contributed by atoms with Crippen LogP contribution in [-0.4, -0.2) is 24.5 Å². The molecule has 0 bridgehead atoms. The third kappa shape index (κ3) is 2.41. The number of hydrogen-bond donors (Lipinski definition) is 1. The average molecular weight is 297 g/mol. The van der Waals surface area contributed by atoms with E-state index in [9.17, 15) is 9.59 Å². The summed E-state index contributed by atoms with van der Waals surface area (Å²) in [7, 11) is 0. The second kappa shape index (κ2) is 4.87. The maximum Gasteiger partial charge on any atom is 0.334 e. The van der Waals surface area contributed by atoms with E-state index < -0.39 is 11.2 Å². The van der Waals surface area contributed by atoms with Crippen molar-refractivity contribution >= 4 is 11.0 Å². The minimum Gasteiger partial charge on any atom is -0.274 e. The molecular weight excluding hydrogens is 282 g/mol. The summed E-state index contributed by atoms with van der Waals surface area (Å²) >= 11 is 0. The molecule has 0 aromatic carbocycles. The van der Waals surface area contributed by atoms with Crippen LogP contribution in [0.15, 0.2) is 40.2 Å². The van der Waals surface area contributed by atoms with Crippen LogP contribution in [0.25, 0.3) is 16.9 Å². The molecule has 0 radical (unpaired) electrons. The van der Waals surface area contributed by atoms with Gasteiger partial charge in [0.15, 0.2) is 5.82 Å². The fourth-order valence-electron chi connectivity index (χ4n) is 2.04. The number of nitrogens with one attached hydrogen (secondary N) is 1. The number of aromatic nitrogens is 5. The van der Waals surface area contributed by atoms with Crippen LogP contribution in [0.2, 0.25) is 0 Å². The third-order valence-corrected chi connectivity index (χ3v) is 3.16. The van der Waals surface area contributed by atoms with Gasteiger partial charge in [0.1, 0.15) is 11.3 Å². The summed E-state index contributed by atoms with van der Waals surface area (Å²) in [6, 6.07) is 4.87. The Morgan fingerprint density at radius 1 is 1.14 bits per heavy atom. The number of fused-ring (bicyclic) bond motifs is 1. The van der Waals surface area contributed by atoms with E-state index in [2.05, 4.69) is 19.9 Å². The predicted molar refractivity (Wildman–Crippen MR) is 82.3 cm³/mol. The van der Waals surface area contributed by atoms with Gasteiger partial charge in [0.05, 0.1) is 5.52 Å². The molecule has 3 aromatic heterocycles. The Kier molecular flexibility index (Phi) is 3.13. The van der Waals surface area contributed by atoms with Crippen LogP contribution in [-0.2, 0) is 5.41 Å². The van der Waals surface area contributed by atoms with E-state index in [0.717, 1.165) is 0 Å². The van der Waals surface area contributed by atoms with Crippen LogP contribution in [0.1, 0.15) is 26.6 Å². The summed E-state index contributed by atoms with van der Waals surface area (Å²) < 4.78 is 1.27. The Labute approximate surface area is 125 Å². The number of hydrogen-bond acceptors (Lipinski definition) is 5. The van der Waals surface area contributed by atoms with Gasteiger partial charge in [-0.15, -0.1) is 0 Å². The van der Waals surface area contributed by atoms with Gasteiger partial charge in [-0.25, -0.2) is 14.8 Å². The van der Waals surface area contributed by atoms with E-state index in [4.69, 9.17) is 0 Å². The summed E-state index contributed by atoms with van der Waals surface area (Å²) in [5, 5.41) is 0. The van der Waals surface area contributed by atoms with E-state index in [-0.39, 0.29) is 5.41 Å². The maximum atomic E-state index is 12.1. The van der Waals surface area contributed by atoms with Gasteiger partial charge in [-0.2, -0.15) is 0 Å². The van der Waals surface area contributed by atoms with Crippen LogP contribution >= 0.6 is 0 Å². The van der Waals surface area contributed by atoms with Crippen LogP contribution in [0.3, 0.4) is 0 Å². The standard InChI is InChI=1S/C15H15N5O2/c1-15(2,3)13-17-9-5-4-7-16-11(9)12(19-13)20-8-6-10(21)18-14(20)22/h4-8H,1-3H3,(H,18,21,22). The lowest BCUT2D eigenvalue weighted by Crippen LogP contribution is -2.29. The van der Waals surface area contributed by atoms with Gasteiger partial charge in [-0.05, 0) is 12.1 Å². The molecule has 0 aliphatic heterocycles. The quantitative estimate of drug-likeness (QED) is 0.727. The highest BCUT2D eigenvalue weighted by atomic mass is 16.2. The largest absolute Gasteiger partial charge is 0.334 e. The van der Waals surface area contributed by atoms with Gasteiger partial charge in [0.2, 0.25) is 0 Å². The molecule has 112 valence electrons. The molecule has 0 saturated heterocycles. The van der Waals surface area contributed by atoms with E-state index in [1.165, 1.54) is 16.8 Å². The first-order valence-corrected chi connectivity index (χ1v) is 6.82. The second-order valence-corrected chi connectivity index (χ2v) is 5.97. The van der Waals surface area contributed by atoms with Crippen molar-refractivity contribution in [2.75, 3.05) is 0 Å². The molecule has 0 unspecified atom stereocenters. The highest BCUT2D eigenvalue weighted by Gasteiger charge is 2.21. The van der Waals surface area contributed by atoms with Gasteiger partial charge >= 0.3 is 5.69 Å². The molecule has 3 aromatic rings. The van der Waals surface area contributed by atoms with Crippen molar-refractivity contribution in [2.24, 2.45) is 0 Å². The van der Waals surface area contributed by atoms with E-state index in [0.29, 0.717) is 22.7 Å². The van der Waals surface area contributed by atoms with Crippen LogP contribution in [0, 0.1) is 0 Å². The first-order chi connectivity index (χ1) is 10.4. The number of pyridine rings is 1. The topological polar surface area (TPSA) is 93.5 Å². The van der Waals surface area contributed by atoms with Crippen LogP contribution in [0.4, 0.5) is 0 Å². The van der Waals surface area contributed by atoms with Crippen molar-refractivity contribution < 1.29 is 0 Å². The monoisotopic (exact) mass is 297 g/mol. The number of H-pyrrole nitrogens is 1. The fourth-order valence-corrected chi connectivity index (χ4v) is 2.04. The molecule has 0 spiro atoms. The minimum absolute atomic E-state index is 0.287. The van der Waals surface area contributed by atoms with Gasteiger partial charge in [0.25, 0.3) is 5.56 Å². The molecular formula is C15H15N5O2.